The summed E-state index contributed by atoms with van der Waals surface area (Å²) in [6.07, 6.45) is 1.76. The van der Waals surface area contributed by atoms with E-state index in [0.717, 1.165) is 18.5 Å². The van der Waals surface area contributed by atoms with Gasteiger partial charge in [-0.05, 0) is 44.9 Å². The van der Waals surface area contributed by atoms with Gasteiger partial charge in [0.05, 0.1) is 23.9 Å². The van der Waals surface area contributed by atoms with Crippen molar-refractivity contribution in [1.82, 2.24) is 15.1 Å². The van der Waals surface area contributed by atoms with Crippen LogP contribution < -0.4 is 15.5 Å². The van der Waals surface area contributed by atoms with E-state index in [9.17, 15) is 14.4 Å². The minimum absolute atomic E-state index is 0.00132. The number of hydrogen-bond acceptors (Lipinski definition) is 5. The Bertz CT molecular complexity index is 853. The zero-order valence-electron chi connectivity index (χ0n) is 19.6. The van der Waals surface area contributed by atoms with E-state index in [1.165, 1.54) is 0 Å². The largest absolute Gasteiger partial charge is 0.383 e. The maximum absolute atomic E-state index is 12.7. The number of carbonyl (C=O) groups excluding carboxylic acids is 3. The second kappa shape index (κ2) is 11.6. The summed E-state index contributed by atoms with van der Waals surface area (Å²) in [4.78, 5) is 42.9. The quantitative estimate of drug-likeness (QED) is 0.567. The summed E-state index contributed by atoms with van der Waals surface area (Å²) in [6.45, 7) is 7.18. The first-order valence-corrected chi connectivity index (χ1v) is 11.8. The van der Waals surface area contributed by atoms with E-state index >= 15 is 0 Å². The van der Waals surface area contributed by atoms with Crippen molar-refractivity contribution < 1.29 is 19.1 Å². The Kier molecular flexibility index (Phi) is 8.80. The Hall–Kier alpha value is -2.52. The van der Waals surface area contributed by atoms with Crippen molar-refractivity contribution in [1.29, 1.82) is 0 Å². The van der Waals surface area contributed by atoms with Gasteiger partial charge < -0.3 is 30.1 Å². The van der Waals surface area contributed by atoms with E-state index in [2.05, 4.69) is 15.5 Å². The fourth-order valence-corrected chi connectivity index (χ4v) is 3.90. The van der Waals surface area contributed by atoms with Gasteiger partial charge >= 0.3 is 6.03 Å². The average molecular weight is 480 g/mol. The van der Waals surface area contributed by atoms with E-state index < -0.39 is 0 Å². The van der Waals surface area contributed by atoms with Crippen molar-refractivity contribution >= 4 is 40.8 Å². The maximum Gasteiger partial charge on any atom is 0.317 e. The van der Waals surface area contributed by atoms with Gasteiger partial charge in [-0.25, -0.2) is 4.79 Å². The topological polar surface area (TPSA) is 94.2 Å². The van der Waals surface area contributed by atoms with Gasteiger partial charge in [0.1, 0.15) is 0 Å². The molecule has 33 heavy (non-hydrogen) atoms. The van der Waals surface area contributed by atoms with Gasteiger partial charge in [-0.2, -0.15) is 0 Å². The molecule has 1 saturated heterocycles. The van der Waals surface area contributed by atoms with Gasteiger partial charge in [-0.15, -0.1) is 0 Å². The number of anilines is 2. The molecule has 182 valence electrons. The fraction of sp³-hybridized carbons (Fsp3) is 0.609. The molecule has 0 bridgehead atoms. The Morgan fingerprint density at radius 3 is 2.48 bits per heavy atom. The Balaban J connectivity index is 1.59. The highest BCUT2D eigenvalue weighted by molar-refractivity contribution is 6.33. The van der Waals surface area contributed by atoms with E-state index in [1.54, 1.807) is 23.0 Å². The molecule has 4 amide bonds. The second-order valence-corrected chi connectivity index (χ2v) is 9.22. The van der Waals surface area contributed by atoms with Crippen LogP contribution in [0.2, 0.25) is 5.02 Å². The van der Waals surface area contributed by atoms with Crippen molar-refractivity contribution in [2.75, 3.05) is 63.2 Å². The van der Waals surface area contributed by atoms with Gasteiger partial charge in [0.2, 0.25) is 11.8 Å². The van der Waals surface area contributed by atoms with Crippen molar-refractivity contribution in [3.63, 3.8) is 0 Å². The van der Waals surface area contributed by atoms with Crippen LogP contribution in [0.1, 0.15) is 26.7 Å². The summed E-state index contributed by atoms with van der Waals surface area (Å²) >= 11 is 6.34. The number of nitrogens with zero attached hydrogens (tertiary/aromatic N) is 3. The molecule has 1 aromatic carbocycles. The van der Waals surface area contributed by atoms with Crippen molar-refractivity contribution in [2.24, 2.45) is 5.92 Å². The molecule has 2 aliphatic rings. The predicted molar refractivity (Wildman–Crippen MR) is 129 cm³/mol. The molecule has 1 aromatic rings. The summed E-state index contributed by atoms with van der Waals surface area (Å²) in [5.74, 6) is -0.265. The molecule has 1 aliphatic heterocycles. The van der Waals surface area contributed by atoms with Crippen LogP contribution in [0.5, 0.6) is 0 Å². The maximum atomic E-state index is 12.7. The number of piperazine rings is 1. The van der Waals surface area contributed by atoms with Crippen LogP contribution >= 0.6 is 11.6 Å². The van der Waals surface area contributed by atoms with E-state index in [-0.39, 0.29) is 36.3 Å². The third kappa shape index (κ3) is 7.23. The molecule has 1 heterocycles. The number of carbonyl (C=O) groups is 3. The van der Waals surface area contributed by atoms with Crippen molar-refractivity contribution in [3.8, 4) is 0 Å². The second-order valence-electron chi connectivity index (χ2n) is 8.82. The molecule has 0 atom stereocenters. The van der Waals surface area contributed by atoms with Crippen LogP contribution in [0.3, 0.4) is 0 Å². The van der Waals surface area contributed by atoms with Gasteiger partial charge in [0.25, 0.3) is 0 Å². The van der Waals surface area contributed by atoms with Crippen LogP contribution in [0.15, 0.2) is 18.2 Å². The highest BCUT2D eigenvalue weighted by Crippen LogP contribution is 2.31. The molecule has 0 unspecified atom stereocenters. The number of methoxy groups -OCH3 is 1. The van der Waals surface area contributed by atoms with Crippen LogP contribution in [0.4, 0.5) is 16.2 Å². The molecular formula is C23H34ClN5O4. The molecule has 0 spiro atoms. The number of nitrogens with one attached hydrogen (secondary N) is 2. The number of halogens is 1. The molecule has 2 fully saturated rings. The first-order valence-electron chi connectivity index (χ1n) is 11.5. The summed E-state index contributed by atoms with van der Waals surface area (Å²) in [5.41, 5.74) is 1.42. The normalized spacial score (nSPS) is 16.0. The SMILES string of the molecule is COCCN(CC(=O)Nc1cc(N2CCN(C(=O)NC(C)C)CC2)ccc1Cl)C(=O)C1CC1. The summed E-state index contributed by atoms with van der Waals surface area (Å²) < 4.78 is 5.08. The fourth-order valence-electron chi connectivity index (χ4n) is 3.73. The molecule has 0 aromatic heterocycles. The zero-order chi connectivity index (χ0) is 24.0. The molecule has 1 saturated carbocycles. The number of rotatable bonds is 9. The van der Waals surface area contributed by atoms with Gasteiger partial charge in [0.15, 0.2) is 0 Å². The van der Waals surface area contributed by atoms with Gasteiger partial charge in [-0.1, -0.05) is 11.6 Å². The van der Waals surface area contributed by atoms with E-state index in [0.29, 0.717) is 50.0 Å². The summed E-state index contributed by atoms with van der Waals surface area (Å²) in [6, 6.07) is 5.55. The number of urea groups is 1. The zero-order valence-corrected chi connectivity index (χ0v) is 20.4. The molecule has 2 N–H and O–H groups in total. The molecular weight excluding hydrogens is 446 g/mol. The standard InChI is InChI=1S/C23H34ClN5O4/c1-16(2)25-23(32)28-10-8-27(9-11-28)18-6-7-19(24)20(14-18)26-21(30)15-29(12-13-33-3)22(31)17-4-5-17/h6-7,14,16-17H,4-5,8-13,15H2,1-3H3,(H,25,32)(H,26,30). The third-order valence-corrected chi connectivity index (χ3v) is 6.04. The molecule has 0 radical (unpaired) electrons. The lowest BCUT2D eigenvalue weighted by molar-refractivity contribution is -0.136. The average Bonchev–Trinajstić information content (AvgIpc) is 3.63. The first-order chi connectivity index (χ1) is 15.8. The Morgan fingerprint density at radius 1 is 1.18 bits per heavy atom. The van der Waals surface area contributed by atoms with E-state index in [4.69, 9.17) is 16.3 Å². The molecule has 1 aliphatic carbocycles. The number of hydrogen-bond donors (Lipinski definition) is 2. The minimum atomic E-state index is -0.297. The summed E-state index contributed by atoms with van der Waals surface area (Å²) in [5, 5.41) is 6.20. The smallest absolute Gasteiger partial charge is 0.317 e. The lowest BCUT2D eigenvalue weighted by Gasteiger charge is -2.36. The van der Waals surface area contributed by atoms with Gasteiger partial charge in [0, 0.05) is 57.5 Å². The Morgan fingerprint density at radius 2 is 1.88 bits per heavy atom. The molecule has 9 nitrogen and oxygen atoms in total. The number of amides is 4. The molecule has 10 heteroatoms. The highest BCUT2D eigenvalue weighted by Gasteiger charge is 2.34. The third-order valence-electron chi connectivity index (χ3n) is 5.71. The van der Waals surface area contributed by atoms with E-state index in [1.807, 2.05) is 26.0 Å². The summed E-state index contributed by atoms with van der Waals surface area (Å²) in [7, 11) is 1.57. The van der Waals surface area contributed by atoms with Crippen LogP contribution in [0, 0.1) is 5.92 Å². The lowest BCUT2D eigenvalue weighted by atomic mass is 10.2. The van der Waals surface area contributed by atoms with Crippen LogP contribution in [-0.4, -0.2) is 86.7 Å². The van der Waals surface area contributed by atoms with Crippen LogP contribution in [0.25, 0.3) is 0 Å². The Labute approximate surface area is 200 Å². The number of benzene rings is 1. The van der Waals surface area contributed by atoms with Crippen molar-refractivity contribution in [2.45, 2.75) is 32.7 Å². The first kappa shape index (κ1) is 25.1. The highest BCUT2D eigenvalue weighted by atomic mass is 35.5. The monoisotopic (exact) mass is 479 g/mol. The molecule has 3 rings (SSSR count). The minimum Gasteiger partial charge on any atom is -0.383 e. The lowest BCUT2D eigenvalue weighted by Crippen LogP contribution is -2.52. The number of ether oxygens (including phenoxy) is 1. The predicted octanol–water partition coefficient (Wildman–Crippen LogP) is 2.40. The van der Waals surface area contributed by atoms with Crippen molar-refractivity contribution in [3.05, 3.63) is 23.2 Å². The van der Waals surface area contributed by atoms with Gasteiger partial charge in [-0.3, -0.25) is 9.59 Å². The van der Waals surface area contributed by atoms with Crippen LogP contribution in [-0.2, 0) is 14.3 Å².